The van der Waals surface area contributed by atoms with E-state index >= 15 is 0 Å². The fourth-order valence-electron chi connectivity index (χ4n) is 1.51. The zero-order valence-electron chi connectivity index (χ0n) is 13.2. The van der Waals surface area contributed by atoms with E-state index in [9.17, 15) is 24.9 Å². The number of amides is 1. The minimum atomic E-state index is -1.53. The summed E-state index contributed by atoms with van der Waals surface area (Å²) in [5.74, 6) is -1.86. The molecular formula is C13H17N3O8. The Morgan fingerprint density at radius 1 is 1.46 bits per heavy atom. The Balaban J connectivity index is 2.81. The first-order chi connectivity index (χ1) is 11.0. The lowest BCUT2D eigenvalue weighted by Gasteiger charge is -2.22. The summed E-state index contributed by atoms with van der Waals surface area (Å²) in [4.78, 5) is 32.8. The minimum absolute atomic E-state index is 0.263. The first kappa shape index (κ1) is 18.9. The Hall–Kier alpha value is -3.11. The number of nitrogens with one attached hydrogen (secondary N) is 1. The SMILES string of the molecule is CC(C)(C)OC(=O)N[C@@H](COc1c[n+]([O-])ccc1[N+](=O)[O-])C(=O)O. The second kappa shape index (κ2) is 7.44. The summed E-state index contributed by atoms with van der Waals surface area (Å²) in [7, 11) is 0. The van der Waals surface area contributed by atoms with Crippen molar-refractivity contribution >= 4 is 17.7 Å². The predicted molar refractivity (Wildman–Crippen MR) is 78.3 cm³/mol. The molecule has 1 atom stereocenters. The molecule has 0 fully saturated rings. The number of carboxylic acid groups (broad SMARTS) is 1. The number of nitrogens with zero attached hydrogens (tertiary/aromatic N) is 2. The van der Waals surface area contributed by atoms with Crippen LogP contribution in [0.3, 0.4) is 0 Å². The molecule has 132 valence electrons. The van der Waals surface area contributed by atoms with Gasteiger partial charge in [-0.2, -0.15) is 4.73 Å². The lowest BCUT2D eigenvalue weighted by Crippen LogP contribution is -2.46. The van der Waals surface area contributed by atoms with Crippen molar-refractivity contribution in [1.29, 1.82) is 0 Å². The van der Waals surface area contributed by atoms with Gasteiger partial charge in [0.2, 0.25) is 6.20 Å². The average Bonchev–Trinajstić information content (AvgIpc) is 2.40. The third kappa shape index (κ3) is 5.94. The number of aliphatic carboxylic acids is 1. The van der Waals surface area contributed by atoms with Crippen LogP contribution in [-0.4, -0.2) is 40.3 Å². The largest absolute Gasteiger partial charge is 0.619 e. The first-order valence-corrected chi connectivity index (χ1v) is 6.72. The Morgan fingerprint density at radius 3 is 2.58 bits per heavy atom. The standard InChI is InChI=1S/C13H17N3O8/c1-13(2,3)24-12(19)14-8(11(17)18)7-23-10-6-15(20)5-4-9(10)16(21)22/h4-6,8H,7H2,1-3H3,(H,14,19)(H,17,18)/t8-/m0/s1. The molecule has 11 nitrogen and oxygen atoms in total. The lowest BCUT2D eigenvalue weighted by atomic mass is 10.2. The summed E-state index contributed by atoms with van der Waals surface area (Å²) in [6.45, 7) is 4.15. The number of ether oxygens (including phenoxy) is 2. The van der Waals surface area contributed by atoms with Gasteiger partial charge in [-0.25, -0.2) is 9.59 Å². The highest BCUT2D eigenvalue weighted by Gasteiger charge is 2.26. The molecule has 0 spiro atoms. The number of nitro groups is 1. The molecule has 0 aliphatic carbocycles. The van der Waals surface area contributed by atoms with Crippen LogP contribution in [0.25, 0.3) is 0 Å². The van der Waals surface area contributed by atoms with Crippen LogP contribution < -0.4 is 14.8 Å². The van der Waals surface area contributed by atoms with Crippen molar-refractivity contribution in [2.75, 3.05) is 6.61 Å². The molecule has 0 radical (unpaired) electrons. The minimum Gasteiger partial charge on any atom is -0.619 e. The number of pyridine rings is 1. The first-order valence-electron chi connectivity index (χ1n) is 6.72. The summed E-state index contributed by atoms with van der Waals surface area (Å²) in [5, 5.41) is 33.2. The summed E-state index contributed by atoms with van der Waals surface area (Å²) >= 11 is 0. The van der Waals surface area contributed by atoms with Crippen molar-refractivity contribution < 1.29 is 33.8 Å². The van der Waals surface area contributed by atoms with E-state index in [1.54, 1.807) is 20.8 Å². The van der Waals surface area contributed by atoms with Gasteiger partial charge in [-0.3, -0.25) is 10.1 Å². The summed E-state index contributed by atoms with van der Waals surface area (Å²) in [5.41, 5.74) is -1.34. The number of hydrogen-bond donors (Lipinski definition) is 2. The molecule has 11 heteroatoms. The van der Waals surface area contributed by atoms with Crippen molar-refractivity contribution in [3.05, 3.63) is 33.8 Å². The van der Waals surface area contributed by atoms with Gasteiger partial charge < -0.3 is 25.1 Å². The maximum absolute atomic E-state index is 11.6. The van der Waals surface area contributed by atoms with Gasteiger partial charge in [-0.1, -0.05) is 0 Å². The number of carboxylic acids is 1. The number of aromatic nitrogens is 1. The number of rotatable bonds is 6. The van der Waals surface area contributed by atoms with Crippen molar-refractivity contribution in [3.8, 4) is 5.75 Å². The third-order valence-corrected chi connectivity index (χ3v) is 2.47. The summed E-state index contributed by atoms with van der Waals surface area (Å²) < 4.78 is 10.2. The second-order valence-electron chi connectivity index (χ2n) is 5.66. The van der Waals surface area contributed by atoms with Crippen LogP contribution in [0, 0.1) is 15.3 Å². The van der Waals surface area contributed by atoms with Gasteiger partial charge in [0.25, 0.3) is 5.75 Å². The smallest absolute Gasteiger partial charge is 0.408 e. The molecule has 1 aromatic heterocycles. The number of alkyl carbamates (subject to hydrolysis) is 1. The van der Waals surface area contributed by atoms with Gasteiger partial charge in [0.05, 0.1) is 11.0 Å². The van der Waals surface area contributed by atoms with Gasteiger partial charge in [-0.15, -0.1) is 0 Å². The van der Waals surface area contributed by atoms with E-state index in [0.29, 0.717) is 0 Å². The topological polar surface area (TPSA) is 155 Å². The summed E-state index contributed by atoms with van der Waals surface area (Å²) in [6, 6.07) is -0.612. The van der Waals surface area contributed by atoms with E-state index < -0.39 is 46.7 Å². The zero-order valence-corrected chi connectivity index (χ0v) is 13.2. The number of carbonyl (C=O) groups excluding carboxylic acids is 1. The number of hydrogen-bond acceptors (Lipinski definition) is 7. The van der Waals surface area contributed by atoms with Crippen LogP contribution in [0.4, 0.5) is 10.5 Å². The maximum Gasteiger partial charge on any atom is 0.408 e. The molecule has 2 N–H and O–H groups in total. The molecule has 1 amide bonds. The van der Waals surface area contributed by atoms with Gasteiger partial charge in [0.1, 0.15) is 12.2 Å². The second-order valence-corrected chi connectivity index (χ2v) is 5.66. The quantitative estimate of drug-likeness (QED) is 0.329. The van der Waals surface area contributed by atoms with Crippen LogP contribution in [0.15, 0.2) is 18.5 Å². The molecule has 0 aliphatic heterocycles. The molecule has 0 saturated carbocycles. The molecule has 0 aromatic carbocycles. The lowest BCUT2D eigenvalue weighted by molar-refractivity contribution is -0.606. The zero-order chi connectivity index (χ0) is 18.5. The highest BCUT2D eigenvalue weighted by Crippen LogP contribution is 2.24. The van der Waals surface area contributed by atoms with Crippen molar-refractivity contribution in [3.63, 3.8) is 0 Å². The van der Waals surface area contributed by atoms with Gasteiger partial charge in [0, 0.05) is 0 Å². The summed E-state index contributed by atoms with van der Waals surface area (Å²) in [6.07, 6.45) is 0.698. The Labute approximate surface area is 136 Å². The molecule has 1 rings (SSSR count). The molecule has 24 heavy (non-hydrogen) atoms. The van der Waals surface area contributed by atoms with E-state index in [2.05, 4.69) is 5.32 Å². The van der Waals surface area contributed by atoms with Crippen molar-refractivity contribution in [2.45, 2.75) is 32.4 Å². The van der Waals surface area contributed by atoms with Gasteiger partial charge in [0.15, 0.2) is 12.2 Å². The Kier molecular flexibility index (Phi) is 5.87. The van der Waals surface area contributed by atoms with E-state index in [1.165, 1.54) is 0 Å². The molecule has 0 unspecified atom stereocenters. The van der Waals surface area contributed by atoms with Gasteiger partial charge in [-0.05, 0) is 20.8 Å². The molecular weight excluding hydrogens is 326 g/mol. The van der Waals surface area contributed by atoms with Crippen molar-refractivity contribution in [1.82, 2.24) is 5.32 Å². The molecule has 0 saturated heterocycles. The number of carbonyl (C=O) groups is 2. The highest BCUT2D eigenvalue weighted by atomic mass is 16.6. The van der Waals surface area contributed by atoms with Crippen LogP contribution in [0.1, 0.15) is 20.8 Å². The van der Waals surface area contributed by atoms with Crippen LogP contribution >= 0.6 is 0 Å². The Bertz CT molecular complexity index is 641. The maximum atomic E-state index is 11.6. The third-order valence-electron chi connectivity index (χ3n) is 2.47. The molecule has 1 aromatic rings. The average molecular weight is 343 g/mol. The molecule has 0 bridgehead atoms. The predicted octanol–water partition coefficient (Wildman–Crippen LogP) is 0.585. The fourth-order valence-corrected chi connectivity index (χ4v) is 1.51. The molecule has 1 heterocycles. The van der Waals surface area contributed by atoms with Gasteiger partial charge >= 0.3 is 17.7 Å². The van der Waals surface area contributed by atoms with E-state index in [1.807, 2.05) is 0 Å². The highest BCUT2D eigenvalue weighted by molar-refractivity contribution is 5.80. The van der Waals surface area contributed by atoms with Crippen molar-refractivity contribution in [2.24, 2.45) is 0 Å². The van der Waals surface area contributed by atoms with Crippen LogP contribution in [0.5, 0.6) is 5.75 Å². The monoisotopic (exact) mass is 343 g/mol. The van der Waals surface area contributed by atoms with E-state index in [4.69, 9.17) is 14.6 Å². The molecule has 0 aliphatic rings. The van der Waals surface area contributed by atoms with Crippen LogP contribution in [-0.2, 0) is 9.53 Å². The normalized spacial score (nSPS) is 12.1. The van der Waals surface area contributed by atoms with Crippen LogP contribution in [0.2, 0.25) is 0 Å². The fraction of sp³-hybridized carbons (Fsp3) is 0.462. The Morgan fingerprint density at radius 2 is 2.08 bits per heavy atom. The van der Waals surface area contributed by atoms with E-state index in [0.717, 1.165) is 18.5 Å². The van der Waals surface area contributed by atoms with E-state index in [-0.39, 0.29) is 4.73 Å².